The summed E-state index contributed by atoms with van der Waals surface area (Å²) in [5.74, 6) is 0.551. The van der Waals surface area contributed by atoms with E-state index >= 15 is 0 Å². The van der Waals surface area contributed by atoms with Crippen molar-refractivity contribution in [2.24, 2.45) is 0 Å². The molecule has 1 saturated heterocycles. The van der Waals surface area contributed by atoms with E-state index in [9.17, 15) is 4.79 Å². The smallest absolute Gasteiger partial charge is 0.220 e. The zero-order valence-electron chi connectivity index (χ0n) is 13.4. The minimum atomic E-state index is -0.167. The van der Waals surface area contributed by atoms with E-state index < -0.39 is 0 Å². The lowest BCUT2D eigenvalue weighted by atomic mass is 10.1. The Morgan fingerprint density at radius 2 is 2.42 bits per heavy atom. The Balaban J connectivity index is 1.47. The number of nitrogens with one attached hydrogen (secondary N) is 1. The maximum absolute atomic E-state index is 12.2. The quantitative estimate of drug-likeness (QED) is 0.807. The predicted molar refractivity (Wildman–Crippen MR) is 85.3 cm³/mol. The summed E-state index contributed by atoms with van der Waals surface area (Å²) in [6.45, 7) is 1.74. The second-order valence-electron chi connectivity index (χ2n) is 5.62. The number of rotatable bonds is 7. The molecule has 3 rings (SSSR count). The second kappa shape index (κ2) is 8.39. The SMILES string of the molecule is O=C(CCCn1cncn1)N[C@@H]1COCC[C@H]1Oc1ccccn1. The Labute approximate surface area is 140 Å². The molecule has 0 saturated carbocycles. The molecule has 2 aromatic rings. The molecule has 0 unspecified atom stereocenters. The molecule has 0 aliphatic carbocycles. The molecule has 2 aromatic heterocycles. The fourth-order valence-corrected chi connectivity index (χ4v) is 2.59. The molecule has 128 valence electrons. The number of hydrogen-bond donors (Lipinski definition) is 1. The Kier molecular flexibility index (Phi) is 5.73. The largest absolute Gasteiger partial charge is 0.472 e. The Hall–Kier alpha value is -2.48. The van der Waals surface area contributed by atoms with Crippen molar-refractivity contribution in [3.05, 3.63) is 37.1 Å². The summed E-state index contributed by atoms with van der Waals surface area (Å²) in [6, 6.07) is 5.36. The summed E-state index contributed by atoms with van der Waals surface area (Å²) in [5.41, 5.74) is 0. The predicted octanol–water partition coefficient (Wildman–Crippen LogP) is 0.806. The molecule has 0 spiro atoms. The van der Waals surface area contributed by atoms with Crippen molar-refractivity contribution >= 4 is 5.91 Å². The van der Waals surface area contributed by atoms with Crippen LogP contribution in [0.1, 0.15) is 19.3 Å². The van der Waals surface area contributed by atoms with Crippen molar-refractivity contribution in [2.45, 2.75) is 38.0 Å². The molecule has 24 heavy (non-hydrogen) atoms. The monoisotopic (exact) mass is 331 g/mol. The zero-order chi connectivity index (χ0) is 16.6. The van der Waals surface area contributed by atoms with Gasteiger partial charge in [0.1, 0.15) is 18.8 Å². The van der Waals surface area contributed by atoms with Crippen molar-refractivity contribution in [3.63, 3.8) is 0 Å². The number of nitrogens with zero attached hydrogens (tertiary/aromatic N) is 4. The summed E-state index contributed by atoms with van der Waals surface area (Å²) in [5, 5.41) is 7.02. The number of pyridine rings is 1. The third-order valence-corrected chi connectivity index (χ3v) is 3.81. The van der Waals surface area contributed by atoms with Gasteiger partial charge in [-0.25, -0.2) is 9.97 Å². The Morgan fingerprint density at radius 3 is 3.21 bits per heavy atom. The average molecular weight is 331 g/mol. The van der Waals surface area contributed by atoms with Crippen LogP contribution in [-0.2, 0) is 16.1 Å². The van der Waals surface area contributed by atoms with E-state index in [4.69, 9.17) is 9.47 Å². The molecule has 3 heterocycles. The molecule has 0 aromatic carbocycles. The third kappa shape index (κ3) is 4.76. The van der Waals surface area contributed by atoms with Gasteiger partial charge >= 0.3 is 0 Å². The van der Waals surface area contributed by atoms with Gasteiger partial charge in [0.05, 0.1) is 19.3 Å². The van der Waals surface area contributed by atoms with E-state index in [0.29, 0.717) is 38.5 Å². The van der Waals surface area contributed by atoms with E-state index in [1.807, 2.05) is 18.2 Å². The molecule has 1 amide bonds. The van der Waals surface area contributed by atoms with Crippen LogP contribution in [0.3, 0.4) is 0 Å². The molecule has 8 heteroatoms. The number of hydrogen-bond acceptors (Lipinski definition) is 6. The van der Waals surface area contributed by atoms with Gasteiger partial charge in [0, 0.05) is 31.6 Å². The summed E-state index contributed by atoms with van der Waals surface area (Å²) in [7, 11) is 0. The zero-order valence-corrected chi connectivity index (χ0v) is 13.4. The number of carbonyl (C=O) groups excluding carboxylic acids is 1. The van der Waals surface area contributed by atoms with Crippen LogP contribution >= 0.6 is 0 Å². The van der Waals surface area contributed by atoms with E-state index in [0.717, 1.165) is 6.42 Å². The minimum absolute atomic E-state index is 0.0137. The Bertz CT molecular complexity index is 620. The highest BCUT2D eigenvalue weighted by Gasteiger charge is 2.29. The van der Waals surface area contributed by atoms with Gasteiger partial charge in [-0.3, -0.25) is 9.48 Å². The minimum Gasteiger partial charge on any atom is -0.472 e. The first-order chi connectivity index (χ1) is 11.8. The summed E-state index contributed by atoms with van der Waals surface area (Å²) in [4.78, 5) is 20.2. The lowest BCUT2D eigenvalue weighted by molar-refractivity contribution is -0.124. The highest BCUT2D eigenvalue weighted by Crippen LogP contribution is 2.16. The first kappa shape index (κ1) is 16.4. The molecule has 1 aliphatic heterocycles. The van der Waals surface area contributed by atoms with Crippen LogP contribution in [0.15, 0.2) is 37.1 Å². The molecular formula is C16H21N5O3. The maximum atomic E-state index is 12.2. The van der Waals surface area contributed by atoms with E-state index in [1.165, 1.54) is 6.33 Å². The number of amides is 1. The van der Waals surface area contributed by atoms with E-state index in [-0.39, 0.29) is 18.1 Å². The van der Waals surface area contributed by atoms with Crippen molar-refractivity contribution in [1.82, 2.24) is 25.1 Å². The molecule has 0 radical (unpaired) electrons. The fourth-order valence-electron chi connectivity index (χ4n) is 2.59. The molecule has 8 nitrogen and oxygen atoms in total. The van der Waals surface area contributed by atoms with Gasteiger partial charge in [-0.05, 0) is 12.5 Å². The number of aryl methyl sites for hydroxylation is 1. The van der Waals surface area contributed by atoms with Crippen LogP contribution in [0, 0.1) is 0 Å². The lowest BCUT2D eigenvalue weighted by Crippen LogP contribution is -2.51. The maximum Gasteiger partial charge on any atom is 0.220 e. The summed E-state index contributed by atoms with van der Waals surface area (Å²) >= 11 is 0. The van der Waals surface area contributed by atoms with E-state index in [2.05, 4.69) is 20.4 Å². The van der Waals surface area contributed by atoms with Crippen LogP contribution in [0.2, 0.25) is 0 Å². The van der Waals surface area contributed by atoms with Gasteiger partial charge in [0.2, 0.25) is 11.8 Å². The van der Waals surface area contributed by atoms with Crippen LogP contribution < -0.4 is 10.1 Å². The first-order valence-electron chi connectivity index (χ1n) is 8.08. The molecule has 2 atom stereocenters. The first-order valence-corrected chi connectivity index (χ1v) is 8.08. The molecule has 1 fully saturated rings. The van der Waals surface area contributed by atoms with Gasteiger partial charge < -0.3 is 14.8 Å². The van der Waals surface area contributed by atoms with Gasteiger partial charge in [-0.1, -0.05) is 6.07 Å². The molecular weight excluding hydrogens is 310 g/mol. The number of aromatic nitrogens is 4. The second-order valence-corrected chi connectivity index (χ2v) is 5.62. The van der Waals surface area contributed by atoms with Crippen LogP contribution in [-0.4, -0.2) is 51.0 Å². The number of carbonyl (C=O) groups is 1. The lowest BCUT2D eigenvalue weighted by Gasteiger charge is -2.32. The summed E-state index contributed by atoms with van der Waals surface area (Å²) in [6.07, 6.45) is 6.53. The molecule has 0 bridgehead atoms. The standard InChI is InChI=1S/C16H21N5O3/c22-15(4-3-8-21-12-17-11-19-21)20-13-10-23-9-6-14(13)24-16-5-1-2-7-18-16/h1-2,5,7,11-14H,3-4,6,8-10H2,(H,20,22)/t13-,14-/m1/s1. The molecule has 1 N–H and O–H groups in total. The van der Waals surface area contributed by atoms with Crippen molar-refractivity contribution in [1.29, 1.82) is 0 Å². The normalized spacial score (nSPS) is 20.5. The molecule has 1 aliphatic rings. The van der Waals surface area contributed by atoms with Gasteiger partial charge in [0.25, 0.3) is 0 Å². The van der Waals surface area contributed by atoms with Crippen LogP contribution in [0.25, 0.3) is 0 Å². The van der Waals surface area contributed by atoms with Gasteiger partial charge in [-0.2, -0.15) is 5.10 Å². The van der Waals surface area contributed by atoms with E-state index in [1.54, 1.807) is 17.2 Å². The van der Waals surface area contributed by atoms with Crippen LogP contribution in [0.4, 0.5) is 0 Å². The van der Waals surface area contributed by atoms with Crippen molar-refractivity contribution in [2.75, 3.05) is 13.2 Å². The fraction of sp³-hybridized carbons (Fsp3) is 0.500. The van der Waals surface area contributed by atoms with Crippen molar-refractivity contribution in [3.8, 4) is 5.88 Å². The van der Waals surface area contributed by atoms with Gasteiger partial charge in [-0.15, -0.1) is 0 Å². The van der Waals surface area contributed by atoms with Gasteiger partial charge in [0.15, 0.2) is 0 Å². The Morgan fingerprint density at radius 1 is 1.46 bits per heavy atom. The third-order valence-electron chi connectivity index (χ3n) is 3.81. The highest BCUT2D eigenvalue weighted by molar-refractivity contribution is 5.76. The highest BCUT2D eigenvalue weighted by atomic mass is 16.5. The topological polar surface area (TPSA) is 91.2 Å². The number of ether oxygens (including phenoxy) is 2. The van der Waals surface area contributed by atoms with Crippen molar-refractivity contribution < 1.29 is 14.3 Å². The summed E-state index contributed by atoms with van der Waals surface area (Å²) < 4.78 is 13.1. The average Bonchev–Trinajstić information content (AvgIpc) is 3.11. The van der Waals surface area contributed by atoms with Crippen LogP contribution in [0.5, 0.6) is 5.88 Å².